The Morgan fingerprint density at radius 3 is 2.68 bits per heavy atom. The van der Waals surface area contributed by atoms with E-state index in [4.69, 9.17) is 9.15 Å². The van der Waals surface area contributed by atoms with Crippen LogP contribution in [0.3, 0.4) is 0 Å². The van der Waals surface area contributed by atoms with Crippen molar-refractivity contribution >= 4 is 0 Å². The smallest absolute Gasteiger partial charge is 0.164 e. The maximum Gasteiger partial charge on any atom is 0.164 e. The third-order valence-corrected chi connectivity index (χ3v) is 4.53. The zero-order valence-corrected chi connectivity index (χ0v) is 14.4. The monoisotopic (exact) mass is 338 g/mol. The summed E-state index contributed by atoms with van der Waals surface area (Å²) < 4.78 is 13.2. The Morgan fingerprint density at radius 1 is 1.00 bits per heavy atom. The van der Waals surface area contributed by atoms with Crippen molar-refractivity contribution in [2.45, 2.75) is 26.1 Å². The Bertz CT molecular complexity index is 825. The molecule has 1 aromatic carbocycles. The van der Waals surface area contributed by atoms with Gasteiger partial charge in [0.25, 0.3) is 0 Å². The van der Waals surface area contributed by atoms with Gasteiger partial charge < -0.3 is 13.7 Å². The van der Waals surface area contributed by atoms with Crippen LogP contribution in [0.25, 0.3) is 11.4 Å². The highest BCUT2D eigenvalue weighted by molar-refractivity contribution is 5.55. The van der Waals surface area contributed by atoms with Gasteiger partial charge in [0, 0.05) is 38.7 Å². The number of benzene rings is 1. The molecule has 3 aromatic rings. The fourth-order valence-corrected chi connectivity index (χ4v) is 3.27. The number of fused-ring (bicyclic) bond motifs is 1. The van der Waals surface area contributed by atoms with E-state index in [1.807, 2.05) is 30.3 Å². The van der Waals surface area contributed by atoms with E-state index in [1.165, 1.54) is 0 Å². The number of nitrogens with zero attached hydrogens (tertiary/aromatic N) is 4. The zero-order valence-electron chi connectivity index (χ0n) is 14.4. The second kappa shape index (κ2) is 7.21. The molecule has 0 fully saturated rings. The summed E-state index contributed by atoms with van der Waals surface area (Å²) in [5, 5.41) is 8.81. The maximum atomic E-state index is 5.82. The standard InChI is InChI=1S/C19H22N4O2/c1-24-14-17-8-7-16(25-17)13-22-10-9-18-20-21-19(23(18)12-11-22)15-5-3-2-4-6-15/h2-8H,9-14H2,1H3. The average Bonchev–Trinajstić information content (AvgIpc) is 3.20. The summed E-state index contributed by atoms with van der Waals surface area (Å²) >= 11 is 0. The van der Waals surface area contributed by atoms with Crippen molar-refractivity contribution in [3.63, 3.8) is 0 Å². The van der Waals surface area contributed by atoms with Crippen molar-refractivity contribution in [2.24, 2.45) is 0 Å². The number of aromatic nitrogens is 3. The quantitative estimate of drug-likeness (QED) is 0.716. The van der Waals surface area contributed by atoms with E-state index in [9.17, 15) is 0 Å². The molecule has 4 rings (SSSR count). The van der Waals surface area contributed by atoms with E-state index in [-0.39, 0.29) is 0 Å². The molecule has 0 saturated heterocycles. The van der Waals surface area contributed by atoms with Crippen LogP contribution in [-0.4, -0.2) is 39.9 Å². The van der Waals surface area contributed by atoms with Crippen LogP contribution in [0.2, 0.25) is 0 Å². The summed E-state index contributed by atoms with van der Waals surface area (Å²) in [6.45, 7) is 4.11. The van der Waals surface area contributed by atoms with Crippen LogP contribution in [0.4, 0.5) is 0 Å². The molecule has 0 bridgehead atoms. The van der Waals surface area contributed by atoms with Crippen LogP contribution in [0.15, 0.2) is 46.9 Å². The van der Waals surface area contributed by atoms with Crippen LogP contribution >= 0.6 is 0 Å². The van der Waals surface area contributed by atoms with Gasteiger partial charge in [0.2, 0.25) is 0 Å². The molecule has 2 aromatic heterocycles. The third-order valence-electron chi connectivity index (χ3n) is 4.53. The van der Waals surface area contributed by atoms with Crippen molar-refractivity contribution in [3.05, 3.63) is 59.8 Å². The van der Waals surface area contributed by atoms with Gasteiger partial charge in [-0.05, 0) is 12.1 Å². The lowest BCUT2D eigenvalue weighted by Crippen LogP contribution is -2.26. The van der Waals surface area contributed by atoms with Gasteiger partial charge >= 0.3 is 0 Å². The van der Waals surface area contributed by atoms with Crippen molar-refractivity contribution < 1.29 is 9.15 Å². The van der Waals surface area contributed by atoms with Gasteiger partial charge in [-0.1, -0.05) is 30.3 Å². The largest absolute Gasteiger partial charge is 0.462 e. The number of methoxy groups -OCH3 is 1. The number of furan rings is 1. The fourth-order valence-electron chi connectivity index (χ4n) is 3.27. The Balaban J connectivity index is 1.46. The lowest BCUT2D eigenvalue weighted by atomic mass is 10.2. The molecule has 0 saturated carbocycles. The van der Waals surface area contributed by atoms with Crippen LogP contribution in [0, 0.1) is 0 Å². The van der Waals surface area contributed by atoms with E-state index in [1.54, 1.807) is 7.11 Å². The van der Waals surface area contributed by atoms with E-state index in [0.717, 1.165) is 61.3 Å². The lowest BCUT2D eigenvalue weighted by molar-refractivity contribution is 0.159. The molecule has 0 atom stereocenters. The Kier molecular flexibility index (Phi) is 4.63. The molecule has 6 heteroatoms. The molecule has 1 aliphatic rings. The van der Waals surface area contributed by atoms with Crippen LogP contribution in [0.1, 0.15) is 17.3 Å². The van der Waals surface area contributed by atoms with Gasteiger partial charge in [-0.2, -0.15) is 0 Å². The topological polar surface area (TPSA) is 56.3 Å². The van der Waals surface area contributed by atoms with Gasteiger partial charge in [-0.3, -0.25) is 4.90 Å². The first kappa shape index (κ1) is 16.1. The molecule has 0 spiro atoms. The second-order valence-corrected chi connectivity index (χ2v) is 6.28. The van der Waals surface area contributed by atoms with Crippen molar-refractivity contribution in [1.29, 1.82) is 0 Å². The zero-order chi connectivity index (χ0) is 17.1. The van der Waals surface area contributed by atoms with Gasteiger partial charge in [-0.15, -0.1) is 10.2 Å². The SMILES string of the molecule is COCc1ccc(CN2CCc3nnc(-c4ccccc4)n3CC2)o1. The van der Waals surface area contributed by atoms with Crippen LogP contribution < -0.4 is 0 Å². The van der Waals surface area contributed by atoms with Crippen LogP contribution in [-0.2, 0) is 30.9 Å². The minimum Gasteiger partial charge on any atom is -0.462 e. The highest BCUT2D eigenvalue weighted by Gasteiger charge is 2.20. The molecule has 6 nitrogen and oxygen atoms in total. The summed E-state index contributed by atoms with van der Waals surface area (Å²) in [6.07, 6.45) is 0.894. The number of hydrogen-bond donors (Lipinski definition) is 0. The second-order valence-electron chi connectivity index (χ2n) is 6.28. The first-order valence-corrected chi connectivity index (χ1v) is 8.60. The van der Waals surface area contributed by atoms with E-state index >= 15 is 0 Å². The molecular formula is C19H22N4O2. The summed E-state index contributed by atoms with van der Waals surface area (Å²) in [7, 11) is 1.68. The van der Waals surface area contributed by atoms with E-state index in [0.29, 0.717) is 6.61 Å². The molecule has 0 radical (unpaired) electrons. The molecule has 3 heterocycles. The highest BCUT2D eigenvalue weighted by atomic mass is 16.5. The van der Waals surface area contributed by atoms with Crippen molar-refractivity contribution in [2.75, 3.05) is 20.2 Å². The number of ether oxygens (including phenoxy) is 1. The number of hydrogen-bond acceptors (Lipinski definition) is 5. The average molecular weight is 338 g/mol. The predicted molar refractivity (Wildman–Crippen MR) is 93.9 cm³/mol. The molecule has 0 aliphatic carbocycles. The van der Waals surface area contributed by atoms with Crippen LogP contribution in [0.5, 0.6) is 0 Å². The van der Waals surface area contributed by atoms with Crippen molar-refractivity contribution in [1.82, 2.24) is 19.7 Å². The normalized spacial score (nSPS) is 15.1. The van der Waals surface area contributed by atoms with E-state index < -0.39 is 0 Å². The maximum absolute atomic E-state index is 5.82. The summed E-state index contributed by atoms with van der Waals surface area (Å²) in [5.41, 5.74) is 1.12. The Hall–Kier alpha value is -2.44. The number of rotatable bonds is 5. The van der Waals surface area contributed by atoms with E-state index in [2.05, 4.69) is 31.8 Å². The first-order chi connectivity index (χ1) is 12.3. The molecule has 0 amide bonds. The molecule has 1 aliphatic heterocycles. The van der Waals surface area contributed by atoms with Gasteiger partial charge in [0.15, 0.2) is 5.82 Å². The molecule has 25 heavy (non-hydrogen) atoms. The molecule has 130 valence electrons. The summed E-state index contributed by atoms with van der Waals surface area (Å²) in [4.78, 5) is 2.40. The van der Waals surface area contributed by atoms with Crippen molar-refractivity contribution in [3.8, 4) is 11.4 Å². The fraction of sp³-hybridized carbons (Fsp3) is 0.368. The molecule has 0 N–H and O–H groups in total. The van der Waals surface area contributed by atoms with Gasteiger partial charge in [-0.25, -0.2) is 0 Å². The highest BCUT2D eigenvalue weighted by Crippen LogP contribution is 2.21. The third kappa shape index (κ3) is 3.50. The van der Waals surface area contributed by atoms with Gasteiger partial charge in [0.1, 0.15) is 24.0 Å². The minimum atomic E-state index is 0.515. The Labute approximate surface area is 147 Å². The Morgan fingerprint density at radius 2 is 1.84 bits per heavy atom. The van der Waals surface area contributed by atoms with Gasteiger partial charge in [0.05, 0.1) is 6.54 Å². The first-order valence-electron chi connectivity index (χ1n) is 8.60. The summed E-state index contributed by atoms with van der Waals surface area (Å²) in [5.74, 6) is 3.86. The molecular weight excluding hydrogens is 316 g/mol. The lowest BCUT2D eigenvalue weighted by Gasteiger charge is -2.18. The minimum absolute atomic E-state index is 0.515. The predicted octanol–water partition coefficient (Wildman–Crippen LogP) is 2.74. The molecule has 0 unspecified atom stereocenters. The summed E-state index contributed by atoms with van der Waals surface area (Å²) in [6, 6.07) is 14.3.